The molecule has 38 heavy (non-hydrogen) atoms. The molecular formula is C28H36N8O2. The van der Waals surface area contributed by atoms with Gasteiger partial charge in [0, 0.05) is 89.1 Å². The highest BCUT2D eigenvalue weighted by atomic mass is 16.5. The van der Waals surface area contributed by atoms with Crippen molar-refractivity contribution in [3.63, 3.8) is 0 Å². The molecule has 0 radical (unpaired) electrons. The maximum atomic E-state index is 12.8. The van der Waals surface area contributed by atoms with Gasteiger partial charge in [0.25, 0.3) is 0 Å². The lowest BCUT2D eigenvalue weighted by atomic mass is 10.1. The number of methoxy groups -OCH3 is 1. The van der Waals surface area contributed by atoms with Gasteiger partial charge in [0.05, 0.1) is 19.3 Å². The standard InChI is InChI=1S/C28H36N8O2/c1-33-11-4-12-34(2)27(37)20-36-15-13-35(14-16-36)19-22-17-23(6-7-25(22)38-3)31-28-29-10-9-24(32-28)21-5-8-26(33)30-18-21/h5-10,17-18H,4,11-16,19-20H2,1-3H3,(H,29,31,32). The number of ether oxygens (including phenoxy) is 1. The average Bonchev–Trinajstić information content (AvgIpc) is 2.94. The zero-order valence-corrected chi connectivity index (χ0v) is 22.4. The van der Waals surface area contributed by atoms with Gasteiger partial charge in [-0.2, -0.15) is 0 Å². The van der Waals surface area contributed by atoms with Crippen LogP contribution in [0, 0.1) is 0 Å². The molecule has 1 amide bonds. The van der Waals surface area contributed by atoms with Crippen LogP contribution in [0.15, 0.2) is 48.8 Å². The smallest absolute Gasteiger partial charge is 0.236 e. The predicted octanol–water partition coefficient (Wildman–Crippen LogP) is 2.71. The summed E-state index contributed by atoms with van der Waals surface area (Å²) in [5.74, 6) is 2.44. The molecule has 0 atom stereocenters. The van der Waals surface area contributed by atoms with Crippen molar-refractivity contribution in [2.75, 3.05) is 77.2 Å². The summed E-state index contributed by atoms with van der Waals surface area (Å²) in [5, 5.41) is 3.35. The monoisotopic (exact) mass is 516 g/mol. The Bertz CT molecular complexity index is 1240. The van der Waals surface area contributed by atoms with E-state index >= 15 is 0 Å². The Balaban J connectivity index is 1.42. The quantitative estimate of drug-likeness (QED) is 0.524. The average molecular weight is 517 g/mol. The van der Waals surface area contributed by atoms with Crippen molar-refractivity contribution in [1.82, 2.24) is 29.7 Å². The number of carbonyl (C=O) groups excluding carboxylic acids is 1. The number of hydrogen-bond acceptors (Lipinski definition) is 9. The van der Waals surface area contributed by atoms with Crippen LogP contribution in [0.2, 0.25) is 0 Å². The van der Waals surface area contributed by atoms with Gasteiger partial charge in [-0.15, -0.1) is 0 Å². The zero-order chi connectivity index (χ0) is 26.5. The van der Waals surface area contributed by atoms with Crippen LogP contribution < -0.4 is 15.0 Å². The summed E-state index contributed by atoms with van der Waals surface area (Å²) in [7, 11) is 5.63. The molecule has 8 bridgehead atoms. The lowest BCUT2D eigenvalue weighted by Crippen LogP contribution is -2.49. The van der Waals surface area contributed by atoms with E-state index in [9.17, 15) is 4.79 Å². The molecule has 5 aliphatic heterocycles. The Morgan fingerprint density at radius 3 is 2.37 bits per heavy atom. The van der Waals surface area contributed by atoms with E-state index in [4.69, 9.17) is 9.72 Å². The van der Waals surface area contributed by atoms with Gasteiger partial charge < -0.3 is 19.9 Å². The van der Waals surface area contributed by atoms with Crippen LogP contribution in [0.4, 0.5) is 17.5 Å². The lowest BCUT2D eigenvalue weighted by Gasteiger charge is -2.35. The second-order valence-electron chi connectivity index (χ2n) is 9.96. The van der Waals surface area contributed by atoms with Gasteiger partial charge in [-0.1, -0.05) is 0 Å². The van der Waals surface area contributed by atoms with Crippen LogP contribution >= 0.6 is 0 Å². The number of amides is 1. The number of hydrogen-bond donors (Lipinski definition) is 1. The SMILES string of the molecule is COc1ccc2cc1CN1CCN(CC1)CC(=O)N(C)CCCN(C)c1ccc(cn1)-c1ccnc(n1)N2. The molecule has 1 fully saturated rings. The number of anilines is 3. The minimum atomic E-state index is 0.172. The summed E-state index contributed by atoms with van der Waals surface area (Å²) in [5.41, 5.74) is 3.72. The molecule has 0 unspecified atom stereocenters. The highest BCUT2D eigenvalue weighted by Gasteiger charge is 2.22. The van der Waals surface area contributed by atoms with Crippen LogP contribution in [0.25, 0.3) is 11.3 Å². The van der Waals surface area contributed by atoms with E-state index in [1.54, 1.807) is 13.3 Å². The molecule has 0 aliphatic carbocycles. The minimum Gasteiger partial charge on any atom is -0.496 e. The van der Waals surface area contributed by atoms with Gasteiger partial charge >= 0.3 is 0 Å². The molecule has 10 nitrogen and oxygen atoms in total. The van der Waals surface area contributed by atoms with Crippen LogP contribution in [0.1, 0.15) is 12.0 Å². The van der Waals surface area contributed by atoms with Crippen molar-refractivity contribution in [2.45, 2.75) is 13.0 Å². The van der Waals surface area contributed by atoms with Crippen molar-refractivity contribution in [1.29, 1.82) is 0 Å². The Morgan fingerprint density at radius 1 is 0.868 bits per heavy atom. The second-order valence-corrected chi connectivity index (χ2v) is 9.96. The summed E-state index contributed by atoms with van der Waals surface area (Å²) in [6, 6.07) is 12.0. The van der Waals surface area contributed by atoms with Crippen LogP contribution in [0.5, 0.6) is 5.75 Å². The normalized spacial score (nSPS) is 20.8. The van der Waals surface area contributed by atoms with E-state index in [1.165, 1.54) is 0 Å². The fourth-order valence-corrected chi connectivity index (χ4v) is 4.89. The van der Waals surface area contributed by atoms with Crippen molar-refractivity contribution < 1.29 is 9.53 Å². The van der Waals surface area contributed by atoms with E-state index in [0.29, 0.717) is 19.0 Å². The Hall–Kier alpha value is -3.76. The number of benzene rings is 1. The topological polar surface area (TPSA) is 90.0 Å². The molecule has 5 aliphatic rings. The van der Waals surface area contributed by atoms with Crippen LogP contribution in [0.3, 0.4) is 0 Å². The van der Waals surface area contributed by atoms with E-state index in [-0.39, 0.29) is 5.91 Å². The molecular weight excluding hydrogens is 480 g/mol. The number of aromatic nitrogens is 3. The highest BCUT2D eigenvalue weighted by molar-refractivity contribution is 5.78. The molecule has 0 spiro atoms. The Morgan fingerprint density at radius 2 is 1.63 bits per heavy atom. The maximum Gasteiger partial charge on any atom is 0.236 e. The fourth-order valence-electron chi connectivity index (χ4n) is 4.89. The van der Waals surface area contributed by atoms with E-state index in [0.717, 1.165) is 79.8 Å². The van der Waals surface area contributed by atoms with E-state index in [2.05, 4.69) is 36.1 Å². The first-order valence-corrected chi connectivity index (χ1v) is 13.1. The molecule has 200 valence electrons. The van der Waals surface area contributed by atoms with E-state index in [1.807, 2.05) is 55.5 Å². The van der Waals surface area contributed by atoms with E-state index < -0.39 is 0 Å². The van der Waals surface area contributed by atoms with Crippen molar-refractivity contribution in [3.05, 3.63) is 54.4 Å². The summed E-state index contributed by atoms with van der Waals surface area (Å²) in [6.07, 6.45) is 4.47. The number of nitrogens with one attached hydrogen (secondary N) is 1. The van der Waals surface area contributed by atoms with Crippen molar-refractivity contribution >= 4 is 23.4 Å². The summed E-state index contributed by atoms with van der Waals surface area (Å²) in [4.78, 5) is 35.3. The third-order valence-electron chi connectivity index (χ3n) is 7.26. The summed E-state index contributed by atoms with van der Waals surface area (Å²) in [6.45, 7) is 6.29. The first kappa shape index (κ1) is 25.9. The molecule has 1 saturated heterocycles. The van der Waals surface area contributed by atoms with Gasteiger partial charge in [-0.05, 0) is 42.8 Å². The fraction of sp³-hybridized carbons (Fsp3) is 0.429. The van der Waals surface area contributed by atoms with Gasteiger partial charge in [-0.3, -0.25) is 14.6 Å². The van der Waals surface area contributed by atoms with Gasteiger partial charge in [0.15, 0.2) is 0 Å². The molecule has 0 saturated carbocycles. The molecule has 10 heteroatoms. The molecule has 2 aromatic heterocycles. The first-order chi connectivity index (χ1) is 18.5. The molecule has 7 heterocycles. The number of piperazine rings is 1. The summed E-state index contributed by atoms with van der Waals surface area (Å²) >= 11 is 0. The van der Waals surface area contributed by atoms with Crippen LogP contribution in [-0.2, 0) is 11.3 Å². The number of rotatable bonds is 1. The lowest BCUT2D eigenvalue weighted by molar-refractivity contribution is -0.131. The Kier molecular flexibility index (Phi) is 8.00. The Labute approximate surface area is 224 Å². The minimum absolute atomic E-state index is 0.172. The van der Waals surface area contributed by atoms with Gasteiger partial charge in [-0.25, -0.2) is 15.0 Å². The third-order valence-corrected chi connectivity index (χ3v) is 7.26. The maximum absolute atomic E-state index is 12.8. The number of pyridine rings is 1. The molecule has 3 aromatic rings. The van der Waals surface area contributed by atoms with Crippen LogP contribution in [-0.4, -0.2) is 103 Å². The predicted molar refractivity (Wildman–Crippen MR) is 149 cm³/mol. The molecule has 1 aromatic carbocycles. The largest absolute Gasteiger partial charge is 0.496 e. The number of likely N-dealkylation sites (N-methyl/N-ethyl adjacent to an activating group) is 1. The second kappa shape index (κ2) is 11.7. The van der Waals surface area contributed by atoms with Gasteiger partial charge in [0.1, 0.15) is 11.6 Å². The molecule has 8 rings (SSSR count). The van der Waals surface area contributed by atoms with Crippen molar-refractivity contribution in [3.8, 4) is 17.0 Å². The number of carbonyl (C=O) groups is 1. The zero-order valence-electron chi connectivity index (χ0n) is 22.4. The third kappa shape index (κ3) is 6.20. The highest BCUT2D eigenvalue weighted by Crippen LogP contribution is 2.27. The van der Waals surface area contributed by atoms with Crippen molar-refractivity contribution in [2.24, 2.45) is 0 Å². The summed E-state index contributed by atoms with van der Waals surface area (Å²) < 4.78 is 5.66. The number of nitrogens with zero attached hydrogens (tertiary/aromatic N) is 7. The molecule has 1 N–H and O–H groups in total. The van der Waals surface area contributed by atoms with Gasteiger partial charge in [0.2, 0.25) is 11.9 Å². The first-order valence-electron chi connectivity index (χ1n) is 13.1.